The number of carboxylic acid groups (broad SMARTS) is 1. The van der Waals surface area contributed by atoms with Gasteiger partial charge in [0.2, 0.25) is 0 Å². The summed E-state index contributed by atoms with van der Waals surface area (Å²) in [5.74, 6) is -1.18. The number of benzene rings is 1. The highest BCUT2D eigenvalue weighted by Gasteiger charge is 2.12. The lowest BCUT2D eigenvalue weighted by Crippen LogP contribution is -2.02. The summed E-state index contributed by atoms with van der Waals surface area (Å²) >= 11 is 5.55. The van der Waals surface area contributed by atoms with Crippen LogP contribution in [0.4, 0.5) is 0 Å². The third kappa shape index (κ3) is 2.61. The molecule has 1 rings (SSSR count). The Balaban J connectivity index is 3.25. The highest BCUT2D eigenvalue weighted by atomic mass is 35.5. The summed E-state index contributed by atoms with van der Waals surface area (Å²) in [6.45, 7) is 0. The average Bonchev–Trinajstić information content (AvgIpc) is 2.20. The van der Waals surface area contributed by atoms with E-state index in [4.69, 9.17) is 22.0 Å². The third-order valence-electron chi connectivity index (χ3n) is 1.88. The maximum atomic E-state index is 10.5. The fraction of sp³-hybridized carbons (Fsp3) is 0.200. The Morgan fingerprint density at radius 1 is 1.47 bits per heavy atom. The van der Waals surface area contributed by atoms with Gasteiger partial charge >= 0.3 is 5.97 Å². The number of aliphatic carboxylic acids is 1. The van der Waals surface area contributed by atoms with E-state index < -0.39 is 5.97 Å². The van der Waals surface area contributed by atoms with Gasteiger partial charge in [-0.1, -0.05) is 0 Å². The average molecular weight is 226 g/mol. The number of rotatable bonds is 3. The van der Waals surface area contributed by atoms with Crippen molar-refractivity contribution >= 4 is 17.6 Å². The van der Waals surface area contributed by atoms with Crippen LogP contribution in [-0.4, -0.2) is 16.2 Å². The van der Waals surface area contributed by atoms with Crippen LogP contribution in [0.25, 0.3) is 0 Å². The Morgan fingerprint density at radius 2 is 2.07 bits per heavy atom. The second-order valence-electron chi connectivity index (χ2n) is 2.96. The van der Waals surface area contributed by atoms with Gasteiger partial charge in [-0.15, -0.1) is 11.6 Å². The molecule has 2 N–H and O–H groups in total. The molecule has 0 aliphatic heterocycles. The molecule has 0 bridgehead atoms. The maximum absolute atomic E-state index is 10.5. The van der Waals surface area contributed by atoms with Crippen LogP contribution in [0.15, 0.2) is 12.1 Å². The van der Waals surface area contributed by atoms with E-state index in [0.29, 0.717) is 11.1 Å². The number of halogens is 1. The third-order valence-corrected chi connectivity index (χ3v) is 2.17. The van der Waals surface area contributed by atoms with E-state index in [2.05, 4.69) is 0 Å². The smallest absolute Gasteiger partial charge is 0.307 e. The monoisotopic (exact) mass is 225 g/mol. The molecule has 0 heterocycles. The molecule has 0 amide bonds. The van der Waals surface area contributed by atoms with Gasteiger partial charge in [0.1, 0.15) is 5.75 Å². The number of phenolic OH excluding ortho intramolecular Hbond substituents is 1. The highest BCUT2D eigenvalue weighted by molar-refractivity contribution is 6.17. The SMILES string of the molecule is N#Cc1cc(CCl)c(O)c(CC(=O)O)c1. The molecule has 0 atom stereocenters. The summed E-state index contributed by atoms with van der Waals surface area (Å²) in [6.07, 6.45) is -0.328. The Labute approximate surface area is 91.3 Å². The highest BCUT2D eigenvalue weighted by Crippen LogP contribution is 2.26. The summed E-state index contributed by atoms with van der Waals surface area (Å²) in [5.41, 5.74) is 0.865. The Bertz CT molecular complexity index is 437. The second-order valence-corrected chi connectivity index (χ2v) is 3.23. The normalized spacial score (nSPS) is 9.60. The Hall–Kier alpha value is -1.73. The van der Waals surface area contributed by atoms with Crippen molar-refractivity contribution in [2.24, 2.45) is 0 Å². The zero-order valence-electron chi connectivity index (χ0n) is 7.70. The lowest BCUT2D eigenvalue weighted by molar-refractivity contribution is -0.136. The van der Waals surface area contributed by atoms with Crippen molar-refractivity contribution in [1.29, 1.82) is 5.26 Å². The largest absolute Gasteiger partial charge is 0.507 e. The molecule has 0 fully saturated rings. The van der Waals surface area contributed by atoms with Gasteiger partial charge in [0.05, 0.1) is 23.9 Å². The molecule has 0 saturated heterocycles. The van der Waals surface area contributed by atoms with Crippen molar-refractivity contribution in [3.8, 4) is 11.8 Å². The number of nitrogens with zero attached hydrogens (tertiary/aromatic N) is 1. The Kier molecular flexibility index (Phi) is 3.53. The molecule has 0 aliphatic carbocycles. The van der Waals surface area contributed by atoms with Crippen LogP contribution in [0.2, 0.25) is 0 Å². The predicted molar refractivity (Wildman–Crippen MR) is 53.7 cm³/mol. The van der Waals surface area contributed by atoms with E-state index in [1.54, 1.807) is 0 Å². The van der Waals surface area contributed by atoms with Crippen molar-refractivity contribution in [3.63, 3.8) is 0 Å². The van der Waals surface area contributed by atoms with Crippen LogP contribution in [0.5, 0.6) is 5.75 Å². The van der Waals surface area contributed by atoms with Gasteiger partial charge < -0.3 is 10.2 Å². The van der Waals surface area contributed by atoms with E-state index in [1.807, 2.05) is 6.07 Å². The van der Waals surface area contributed by atoms with Crippen LogP contribution in [0.1, 0.15) is 16.7 Å². The van der Waals surface area contributed by atoms with Crippen LogP contribution >= 0.6 is 11.6 Å². The first-order valence-electron chi connectivity index (χ1n) is 4.11. The van der Waals surface area contributed by atoms with Crippen molar-refractivity contribution in [1.82, 2.24) is 0 Å². The molecule has 15 heavy (non-hydrogen) atoms. The summed E-state index contributed by atoms with van der Waals surface area (Å²) in [6, 6.07) is 4.66. The first kappa shape index (κ1) is 11.3. The molecule has 0 spiro atoms. The van der Waals surface area contributed by atoms with Crippen LogP contribution in [-0.2, 0) is 17.1 Å². The van der Waals surface area contributed by atoms with Crippen molar-refractivity contribution in [3.05, 3.63) is 28.8 Å². The fourth-order valence-corrected chi connectivity index (χ4v) is 1.43. The molecule has 0 aromatic heterocycles. The molecule has 1 aromatic rings. The molecule has 0 aliphatic rings. The zero-order chi connectivity index (χ0) is 11.4. The first-order chi connectivity index (χ1) is 7.08. The van der Waals surface area contributed by atoms with E-state index >= 15 is 0 Å². The summed E-state index contributed by atoms with van der Waals surface area (Å²) in [7, 11) is 0. The summed E-state index contributed by atoms with van der Waals surface area (Å²) < 4.78 is 0. The minimum Gasteiger partial charge on any atom is -0.507 e. The molecule has 78 valence electrons. The van der Waals surface area contributed by atoms with Crippen LogP contribution < -0.4 is 0 Å². The van der Waals surface area contributed by atoms with Crippen LogP contribution in [0.3, 0.4) is 0 Å². The zero-order valence-corrected chi connectivity index (χ0v) is 8.45. The minimum absolute atomic E-state index is 0.0357. The van der Waals surface area contributed by atoms with Crippen molar-refractivity contribution in [2.45, 2.75) is 12.3 Å². The molecule has 0 radical (unpaired) electrons. The van der Waals surface area contributed by atoms with Gasteiger partial charge in [-0.05, 0) is 12.1 Å². The van der Waals surface area contributed by atoms with Gasteiger partial charge in [0.25, 0.3) is 0 Å². The number of alkyl halides is 1. The van der Waals surface area contributed by atoms with Gasteiger partial charge in [0, 0.05) is 11.1 Å². The van der Waals surface area contributed by atoms with E-state index in [1.165, 1.54) is 12.1 Å². The van der Waals surface area contributed by atoms with E-state index in [9.17, 15) is 9.90 Å². The molecule has 5 heteroatoms. The summed E-state index contributed by atoms with van der Waals surface area (Å²) in [5, 5.41) is 26.9. The Morgan fingerprint density at radius 3 is 2.53 bits per heavy atom. The minimum atomic E-state index is -1.07. The molecular weight excluding hydrogens is 218 g/mol. The molecule has 1 aromatic carbocycles. The lowest BCUT2D eigenvalue weighted by Gasteiger charge is -2.06. The molecule has 4 nitrogen and oxygen atoms in total. The standard InChI is InChI=1S/C10H8ClNO3/c11-4-8-2-6(5-12)1-7(10(8)15)3-9(13)14/h1-2,15H,3-4H2,(H,13,14). The fourth-order valence-electron chi connectivity index (χ4n) is 1.22. The quantitative estimate of drug-likeness (QED) is 0.766. The molecular formula is C10H8ClNO3. The number of aromatic hydroxyl groups is 1. The van der Waals surface area contributed by atoms with Gasteiger partial charge in [-0.2, -0.15) is 5.26 Å². The van der Waals surface area contributed by atoms with E-state index in [0.717, 1.165) is 0 Å². The number of carbonyl (C=O) groups is 1. The number of nitriles is 1. The molecule has 0 saturated carbocycles. The number of hydrogen-bond acceptors (Lipinski definition) is 3. The second kappa shape index (κ2) is 4.67. The summed E-state index contributed by atoms with van der Waals surface area (Å²) in [4.78, 5) is 10.5. The van der Waals surface area contributed by atoms with Crippen LogP contribution in [0, 0.1) is 11.3 Å². The molecule has 0 unspecified atom stereocenters. The van der Waals surface area contributed by atoms with Gasteiger partial charge in [0.15, 0.2) is 0 Å². The van der Waals surface area contributed by atoms with Gasteiger partial charge in [-0.3, -0.25) is 4.79 Å². The lowest BCUT2D eigenvalue weighted by atomic mass is 10.0. The van der Waals surface area contributed by atoms with E-state index in [-0.39, 0.29) is 23.6 Å². The topological polar surface area (TPSA) is 81.3 Å². The number of phenols is 1. The predicted octanol–water partition coefficient (Wildman–Crippen LogP) is 1.63. The van der Waals surface area contributed by atoms with Gasteiger partial charge in [-0.25, -0.2) is 0 Å². The number of hydrogen-bond donors (Lipinski definition) is 2. The maximum Gasteiger partial charge on any atom is 0.307 e. The first-order valence-corrected chi connectivity index (χ1v) is 4.64. The number of carboxylic acids is 1. The van der Waals surface area contributed by atoms with Crippen molar-refractivity contribution < 1.29 is 15.0 Å². The van der Waals surface area contributed by atoms with Crippen molar-refractivity contribution in [2.75, 3.05) is 0 Å².